The van der Waals surface area contributed by atoms with Crippen molar-refractivity contribution in [3.63, 3.8) is 0 Å². The largest absolute Gasteiger partial charge is 0.386 e. The van der Waals surface area contributed by atoms with Crippen molar-refractivity contribution in [3.05, 3.63) is 35.6 Å². The summed E-state index contributed by atoms with van der Waals surface area (Å²) in [6, 6.07) is 5.82. The Morgan fingerprint density at radius 3 is 2.60 bits per heavy atom. The molecule has 15 heavy (non-hydrogen) atoms. The van der Waals surface area contributed by atoms with Gasteiger partial charge in [0.1, 0.15) is 11.9 Å². The Hall–Kier alpha value is -0.930. The molecule has 84 valence electrons. The van der Waals surface area contributed by atoms with E-state index in [1.807, 2.05) is 0 Å². The maximum atomic E-state index is 12.6. The van der Waals surface area contributed by atoms with Crippen molar-refractivity contribution in [2.24, 2.45) is 0 Å². The topological polar surface area (TPSA) is 29.5 Å². The first-order chi connectivity index (χ1) is 7.24. The number of unbranched alkanes of at least 4 members (excludes halogenated alkanes) is 1. The van der Waals surface area contributed by atoms with E-state index >= 15 is 0 Å². The van der Waals surface area contributed by atoms with Crippen LogP contribution in [-0.2, 0) is 4.74 Å². The molecule has 2 nitrogen and oxygen atoms in total. The van der Waals surface area contributed by atoms with Crippen molar-refractivity contribution < 1.29 is 14.2 Å². The van der Waals surface area contributed by atoms with Gasteiger partial charge >= 0.3 is 0 Å². The van der Waals surface area contributed by atoms with Crippen LogP contribution in [0.25, 0.3) is 0 Å². The molecule has 0 amide bonds. The van der Waals surface area contributed by atoms with Crippen LogP contribution in [-0.4, -0.2) is 18.3 Å². The van der Waals surface area contributed by atoms with Gasteiger partial charge < -0.3 is 9.84 Å². The smallest absolute Gasteiger partial charge is 0.123 e. The summed E-state index contributed by atoms with van der Waals surface area (Å²) in [5, 5.41) is 9.66. The molecule has 1 atom stereocenters. The first-order valence-corrected chi connectivity index (χ1v) is 5.25. The van der Waals surface area contributed by atoms with E-state index in [2.05, 4.69) is 6.92 Å². The van der Waals surface area contributed by atoms with E-state index in [0.717, 1.165) is 12.8 Å². The highest BCUT2D eigenvalue weighted by Crippen LogP contribution is 2.13. The van der Waals surface area contributed by atoms with Crippen LogP contribution in [0, 0.1) is 5.82 Å². The van der Waals surface area contributed by atoms with Gasteiger partial charge in [-0.3, -0.25) is 0 Å². The van der Waals surface area contributed by atoms with Gasteiger partial charge in [-0.15, -0.1) is 0 Å². The first kappa shape index (κ1) is 12.1. The highest BCUT2D eigenvalue weighted by atomic mass is 19.1. The van der Waals surface area contributed by atoms with Gasteiger partial charge in [-0.05, 0) is 24.1 Å². The van der Waals surface area contributed by atoms with Crippen LogP contribution in [0.15, 0.2) is 24.3 Å². The van der Waals surface area contributed by atoms with E-state index in [9.17, 15) is 9.50 Å². The Morgan fingerprint density at radius 1 is 1.33 bits per heavy atom. The summed E-state index contributed by atoms with van der Waals surface area (Å²) >= 11 is 0. The molecular weight excluding hydrogens is 195 g/mol. The van der Waals surface area contributed by atoms with Gasteiger partial charge in [-0.1, -0.05) is 25.5 Å². The summed E-state index contributed by atoms with van der Waals surface area (Å²) < 4.78 is 17.9. The third-order valence-corrected chi connectivity index (χ3v) is 2.17. The number of aliphatic hydroxyl groups is 1. The SMILES string of the molecule is CCCCOCC(O)c1ccc(F)cc1. The van der Waals surface area contributed by atoms with Crippen LogP contribution in [0.5, 0.6) is 0 Å². The van der Waals surface area contributed by atoms with Crippen LogP contribution in [0.2, 0.25) is 0 Å². The molecule has 1 unspecified atom stereocenters. The van der Waals surface area contributed by atoms with E-state index in [4.69, 9.17) is 4.74 Å². The van der Waals surface area contributed by atoms with E-state index in [0.29, 0.717) is 12.2 Å². The standard InChI is InChI=1S/C12H17FO2/c1-2-3-8-15-9-12(14)10-4-6-11(13)7-5-10/h4-7,12,14H,2-3,8-9H2,1H3. The molecule has 0 radical (unpaired) electrons. The maximum Gasteiger partial charge on any atom is 0.123 e. The Bertz CT molecular complexity index is 271. The molecule has 0 saturated carbocycles. The molecular formula is C12H17FO2. The third-order valence-electron chi connectivity index (χ3n) is 2.17. The molecule has 1 aromatic carbocycles. The summed E-state index contributed by atoms with van der Waals surface area (Å²) in [6.07, 6.45) is 1.41. The van der Waals surface area contributed by atoms with Gasteiger partial charge in [0.2, 0.25) is 0 Å². The quantitative estimate of drug-likeness (QED) is 0.734. The molecule has 1 aromatic rings. The normalized spacial score (nSPS) is 12.7. The number of halogens is 1. The Morgan fingerprint density at radius 2 is 2.00 bits per heavy atom. The summed E-state index contributed by atoms with van der Waals surface area (Å²) in [5.74, 6) is -0.294. The average Bonchev–Trinajstić information content (AvgIpc) is 2.25. The minimum absolute atomic E-state index is 0.269. The number of aliphatic hydroxyl groups excluding tert-OH is 1. The fourth-order valence-electron chi connectivity index (χ4n) is 1.22. The lowest BCUT2D eigenvalue weighted by atomic mass is 10.1. The highest BCUT2D eigenvalue weighted by molar-refractivity contribution is 5.18. The zero-order chi connectivity index (χ0) is 11.1. The van der Waals surface area contributed by atoms with Crippen molar-refractivity contribution in [2.75, 3.05) is 13.2 Å². The van der Waals surface area contributed by atoms with Crippen molar-refractivity contribution in [1.82, 2.24) is 0 Å². The van der Waals surface area contributed by atoms with E-state index < -0.39 is 6.10 Å². The average molecular weight is 212 g/mol. The Labute approximate surface area is 89.7 Å². The fourth-order valence-corrected chi connectivity index (χ4v) is 1.22. The van der Waals surface area contributed by atoms with E-state index in [1.54, 1.807) is 12.1 Å². The lowest BCUT2D eigenvalue weighted by molar-refractivity contribution is 0.0349. The monoisotopic (exact) mass is 212 g/mol. The summed E-state index contributed by atoms with van der Waals surface area (Å²) in [5.41, 5.74) is 0.688. The number of ether oxygens (including phenoxy) is 1. The molecule has 0 fully saturated rings. The van der Waals surface area contributed by atoms with Gasteiger partial charge in [-0.2, -0.15) is 0 Å². The van der Waals surface area contributed by atoms with Gasteiger partial charge in [0.15, 0.2) is 0 Å². The fraction of sp³-hybridized carbons (Fsp3) is 0.500. The number of hydrogen-bond acceptors (Lipinski definition) is 2. The number of benzene rings is 1. The second-order valence-electron chi connectivity index (χ2n) is 3.50. The second-order valence-corrected chi connectivity index (χ2v) is 3.50. The van der Waals surface area contributed by atoms with Crippen molar-refractivity contribution in [2.45, 2.75) is 25.9 Å². The van der Waals surface area contributed by atoms with E-state index in [1.165, 1.54) is 12.1 Å². The van der Waals surface area contributed by atoms with Crippen molar-refractivity contribution in [1.29, 1.82) is 0 Å². The molecule has 0 aromatic heterocycles. The van der Waals surface area contributed by atoms with Gasteiger partial charge in [0.25, 0.3) is 0 Å². The van der Waals surface area contributed by atoms with Gasteiger partial charge in [0, 0.05) is 6.61 Å². The number of rotatable bonds is 6. The molecule has 0 saturated heterocycles. The second kappa shape index (κ2) is 6.53. The van der Waals surface area contributed by atoms with Gasteiger partial charge in [0.05, 0.1) is 6.61 Å². The molecule has 0 spiro atoms. The molecule has 0 bridgehead atoms. The molecule has 3 heteroatoms. The van der Waals surface area contributed by atoms with Crippen LogP contribution in [0.3, 0.4) is 0 Å². The summed E-state index contributed by atoms with van der Waals surface area (Å²) in [7, 11) is 0. The Balaban J connectivity index is 2.33. The molecule has 0 aliphatic heterocycles. The van der Waals surface area contributed by atoms with Crippen LogP contribution < -0.4 is 0 Å². The minimum Gasteiger partial charge on any atom is -0.386 e. The third kappa shape index (κ3) is 4.40. The Kier molecular flexibility index (Phi) is 5.29. The lowest BCUT2D eigenvalue weighted by Crippen LogP contribution is -2.07. The minimum atomic E-state index is -0.664. The van der Waals surface area contributed by atoms with Crippen molar-refractivity contribution in [3.8, 4) is 0 Å². The first-order valence-electron chi connectivity index (χ1n) is 5.25. The molecule has 1 rings (SSSR count). The zero-order valence-corrected chi connectivity index (χ0v) is 8.95. The molecule has 0 heterocycles. The number of hydrogen-bond donors (Lipinski definition) is 1. The maximum absolute atomic E-state index is 12.6. The summed E-state index contributed by atoms with van der Waals surface area (Å²) in [4.78, 5) is 0. The van der Waals surface area contributed by atoms with E-state index in [-0.39, 0.29) is 12.4 Å². The summed E-state index contributed by atoms with van der Waals surface area (Å²) in [6.45, 7) is 3.01. The predicted molar refractivity (Wildman–Crippen MR) is 57.1 cm³/mol. The highest BCUT2D eigenvalue weighted by Gasteiger charge is 2.06. The van der Waals surface area contributed by atoms with Crippen LogP contribution >= 0.6 is 0 Å². The molecule has 0 aliphatic rings. The predicted octanol–water partition coefficient (Wildman–Crippen LogP) is 2.68. The van der Waals surface area contributed by atoms with Gasteiger partial charge in [-0.25, -0.2) is 4.39 Å². The lowest BCUT2D eigenvalue weighted by Gasteiger charge is -2.11. The molecule has 1 N–H and O–H groups in total. The van der Waals surface area contributed by atoms with Crippen molar-refractivity contribution >= 4 is 0 Å². The van der Waals surface area contributed by atoms with Crippen LogP contribution in [0.4, 0.5) is 4.39 Å². The molecule has 0 aliphatic carbocycles. The van der Waals surface area contributed by atoms with Crippen LogP contribution in [0.1, 0.15) is 31.4 Å². The zero-order valence-electron chi connectivity index (χ0n) is 8.95.